The van der Waals surface area contributed by atoms with Crippen LogP contribution >= 0.6 is 11.3 Å². The van der Waals surface area contributed by atoms with Gasteiger partial charge in [-0.15, -0.1) is 0 Å². The number of rotatable bonds is 3. The summed E-state index contributed by atoms with van der Waals surface area (Å²) in [5.41, 5.74) is 2.36. The van der Waals surface area contributed by atoms with Crippen molar-refractivity contribution < 1.29 is 13.6 Å². The van der Waals surface area contributed by atoms with Crippen LogP contribution in [0.2, 0.25) is 0 Å². The molecule has 2 N–H and O–H groups in total. The van der Waals surface area contributed by atoms with Crippen molar-refractivity contribution in [3.05, 3.63) is 47.5 Å². The minimum absolute atomic E-state index is 0.192. The zero-order chi connectivity index (χ0) is 18.4. The van der Waals surface area contributed by atoms with Crippen LogP contribution in [-0.4, -0.2) is 27.5 Å². The largest absolute Gasteiger partial charge is 0.355 e. The summed E-state index contributed by atoms with van der Waals surface area (Å²) in [6, 6.07) is 7.41. The molecule has 9 heteroatoms. The molecule has 0 atom stereocenters. The first-order valence-corrected chi connectivity index (χ1v) is 8.49. The summed E-state index contributed by atoms with van der Waals surface area (Å²) in [4.78, 5) is 20.5. The Morgan fingerprint density at radius 2 is 1.88 bits per heavy atom. The maximum atomic E-state index is 13.4. The molecule has 0 aliphatic heterocycles. The lowest BCUT2D eigenvalue weighted by Gasteiger charge is -2.02. The van der Waals surface area contributed by atoms with E-state index in [0.29, 0.717) is 32.4 Å². The number of thiazole rings is 1. The van der Waals surface area contributed by atoms with Gasteiger partial charge in [0.1, 0.15) is 0 Å². The van der Waals surface area contributed by atoms with Crippen molar-refractivity contribution in [3.8, 4) is 0 Å². The molecule has 0 fully saturated rings. The lowest BCUT2D eigenvalue weighted by molar-refractivity contribution is 0.0963. The minimum Gasteiger partial charge on any atom is -0.355 e. The fraction of sp³-hybridized carbons (Fsp3) is 0.118. The average molecular weight is 373 g/mol. The minimum atomic E-state index is -0.932. The summed E-state index contributed by atoms with van der Waals surface area (Å²) in [7, 11) is 3.39. The number of benzene rings is 2. The number of anilines is 2. The summed E-state index contributed by atoms with van der Waals surface area (Å²) in [6.07, 6.45) is 0. The van der Waals surface area contributed by atoms with E-state index in [2.05, 4.69) is 20.6 Å². The molecule has 26 heavy (non-hydrogen) atoms. The van der Waals surface area contributed by atoms with E-state index >= 15 is 0 Å². The standard InChI is InChI=1S/C17H13F2N5OS/c1-20-15(25)8-3-4-13-11(5-8)21-16(24(13)2)23-17-22-12-6-9(18)10(19)7-14(12)26-17/h3-7H,1-2H3,(H,20,25)(H,21,22,23). The van der Waals surface area contributed by atoms with Crippen molar-refractivity contribution in [1.82, 2.24) is 19.9 Å². The monoisotopic (exact) mass is 373 g/mol. The van der Waals surface area contributed by atoms with Crippen molar-refractivity contribution >= 4 is 49.6 Å². The third-order valence-electron chi connectivity index (χ3n) is 4.02. The topological polar surface area (TPSA) is 71.8 Å². The second-order valence-corrected chi connectivity index (χ2v) is 6.69. The van der Waals surface area contributed by atoms with Crippen molar-refractivity contribution in [3.63, 3.8) is 0 Å². The lowest BCUT2D eigenvalue weighted by atomic mass is 10.2. The number of amides is 1. The van der Waals surface area contributed by atoms with Gasteiger partial charge in [0.05, 0.1) is 21.3 Å². The van der Waals surface area contributed by atoms with E-state index < -0.39 is 11.6 Å². The Hall–Kier alpha value is -3.07. The van der Waals surface area contributed by atoms with Gasteiger partial charge in [0.2, 0.25) is 5.95 Å². The third-order valence-corrected chi connectivity index (χ3v) is 4.95. The van der Waals surface area contributed by atoms with E-state index in [4.69, 9.17) is 0 Å². The smallest absolute Gasteiger partial charge is 0.251 e. The number of hydrogen-bond donors (Lipinski definition) is 2. The van der Waals surface area contributed by atoms with Crippen LogP contribution in [0.4, 0.5) is 19.9 Å². The van der Waals surface area contributed by atoms with Gasteiger partial charge in [-0.2, -0.15) is 0 Å². The summed E-state index contributed by atoms with van der Waals surface area (Å²) in [5, 5.41) is 6.11. The molecular weight excluding hydrogens is 360 g/mol. The van der Waals surface area contributed by atoms with Gasteiger partial charge in [0.15, 0.2) is 16.8 Å². The highest BCUT2D eigenvalue weighted by Crippen LogP contribution is 2.30. The Balaban J connectivity index is 1.72. The number of hydrogen-bond acceptors (Lipinski definition) is 5. The molecule has 6 nitrogen and oxygen atoms in total. The van der Waals surface area contributed by atoms with Crippen molar-refractivity contribution in [1.29, 1.82) is 0 Å². The summed E-state index contributed by atoms with van der Waals surface area (Å²) in [6.45, 7) is 0. The number of nitrogens with one attached hydrogen (secondary N) is 2. The number of fused-ring (bicyclic) bond motifs is 2. The van der Waals surface area contributed by atoms with Crippen LogP contribution in [0.3, 0.4) is 0 Å². The number of carbonyl (C=O) groups excluding carboxylic acids is 1. The zero-order valence-corrected chi connectivity index (χ0v) is 14.6. The molecule has 2 aromatic heterocycles. The molecule has 132 valence electrons. The highest BCUT2D eigenvalue weighted by atomic mass is 32.1. The van der Waals surface area contributed by atoms with Gasteiger partial charge < -0.3 is 15.2 Å². The summed E-state index contributed by atoms with van der Waals surface area (Å²) in [5.74, 6) is -1.52. The molecule has 0 aliphatic rings. The molecule has 4 rings (SSSR count). The predicted octanol–water partition coefficient (Wildman–Crippen LogP) is 3.56. The van der Waals surface area contributed by atoms with Crippen LogP contribution in [0, 0.1) is 11.6 Å². The van der Waals surface area contributed by atoms with E-state index in [1.54, 1.807) is 25.2 Å². The second-order valence-electron chi connectivity index (χ2n) is 5.66. The number of nitrogens with zero attached hydrogens (tertiary/aromatic N) is 3. The van der Waals surface area contributed by atoms with Gasteiger partial charge in [-0.05, 0) is 24.3 Å². The van der Waals surface area contributed by atoms with Crippen LogP contribution in [0.15, 0.2) is 30.3 Å². The normalized spacial score (nSPS) is 11.2. The maximum absolute atomic E-state index is 13.4. The Kier molecular flexibility index (Phi) is 3.80. The highest BCUT2D eigenvalue weighted by molar-refractivity contribution is 7.22. The molecule has 0 saturated heterocycles. The zero-order valence-electron chi connectivity index (χ0n) is 13.8. The number of halogens is 2. The molecule has 0 aliphatic carbocycles. The van der Waals surface area contributed by atoms with Gasteiger partial charge >= 0.3 is 0 Å². The van der Waals surface area contributed by atoms with Crippen LogP contribution < -0.4 is 10.6 Å². The van der Waals surface area contributed by atoms with Crippen LogP contribution in [0.1, 0.15) is 10.4 Å². The number of imidazole rings is 1. The molecular formula is C17H13F2N5OS. The van der Waals surface area contributed by atoms with Crippen LogP contribution in [0.5, 0.6) is 0 Å². The highest BCUT2D eigenvalue weighted by Gasteiger charge is 2.14. The molecule has 1 amide bonds. The molecule has 0 unspecified atom stereocenters. The predicted molar refractivity (Wildman–Crippen MR) is 96.9 cm³/mol. The number of carbonyl (C=O) groups is 1. The van der Waals surface area contributed by atoms with Gasteiger partial charge in [-0.25, -0.2) is 18.7 Å². The van der Waals surface area contributed by atoms with Gasteiger partial charge in [0, 0.05) is 25.7 Å². The van der Waals surface area contributed by atoms with Crippen molar-refractivity contribution in [2.75, 3.05) is 12.4 Å². The molecule has 2 heterocycles. The average Bonchev–Trinajstić information content (AvgIpc) is 3.15. The summed E-state index contributed by atoms with van der Waals surface area (Å²) >= 11 is 1.20. The van der Waals surface area contributed by atoms with Crippen LogP contribution in [-0.2, 0) is 7.05 Å². The third kappa shape index (κ3) is 2.66. The fourth-order valence-corrected chi connectivity index (χ4v) is 3.54. The van der Waals surface area contributed by atoms with Gasteiger partial charge in [-0.1, -0.05) is 11.3 Å². The van der Waals surface area contributed by atoms with Crippen molar-refractivity contribution in [2.24, 2.45) is 7.05 Å². The van der Waals surface area contributed by atoms with E-state index in [9.17, 15) is 13.6 Å². The van der Waals surface area contributed by atoms with E-state index in [-0.39, 0.29) is 5.91 Å². The Bertz CT molecular complexity index is 1130. The van der Waals surface area contributed by atoms with Crippen LogP contribution in [0.25, 0.3) is 21.3 Å². The Morgan fingerprint density at radius 3 is 2.65 bits per heavy atom. The molecule has 0 radical (unpaired) electrons. The van der Waals surface area contributed by atoms with E-state index in [1.807, 2.05) is 11.6 Å². The quantitative estimate of drug-likeness (QED) is 0.576. The molecule has 4 aromatic rings. The Morgan fingerprint density at radius 1 is 1.12 bits per heavy atom. The van der Waals surface area contributed by atoms with Gasteiger partial charge in [0.25, 0.3) is 5.91 Å². The molecule has 0 saturated carbocycles. The SMILES string of the molecule is CNC(=O)c1ccc2c(c1)nc(Nc1nc3cc(F)c(F)cc3s1)n2C. The molecule has 0 bridgehead atoms. The first kappa shape index (κ1) is 16.4. The summed E-state index contributed by atoms with van der Waals surface area (Å²) < 4.78 is 29.0. The van der Waals surface area contributed by atoms with Gasteiger partial charge in [-0.3, -0.25) is 4.79 Å². The molecule has 2 aromatic carbocycles. The number of aromatic nitrogens is 3. The van der Waals surface area contributed by atoms with E-state index in [0.717, 1.165) is 17.6 Å². The van der Waals surface area contributed by atoms with Crippen molar-refractivity contribution in [2.45, 2.75) is 0 Å². The maximum Gasteiger partial charge on any atom is 0.251 e. The first-order valence-electron chi connectivity index (χ1n) is 7.67. The molecule has 0 spiro atoms. The lowest BCUT2D eigenvalue weighted by Crippen LogP contribution is -2.17. The second kappa shape index (κ2) is 6.03. The number of aryl methyl sites for hydroxylation is 1. The fourth-order valence-electron chi connectivity index (χ4n) is 2.67. The first-order chi connectivity index (χ1) is 12.5. The Labute approximate surface area is 150 Å². The van der Waals surface area contributed by atoms with E-state index in [1.165, 1.54) is 11.3 Å².